The number of rotatable bonds is 17. The summed E-state index contributed by atoms with van der Waals surface area (Å²) in [6.07, 6.45) is 9.17. The lowest BCUT2D eigenvalue weighted by molar-refractivity contribution is -0.702. The van der Waals surface area contributed by atoms with E-state index in [0.717, 1.165) is 63.4 Å². The molecule has 156 valence electrons. The molecule has 0 bridgehead atoms. The van der Waals surface area contributed by atoms with Crippen LogP contribution in [0.25, 0.3) is 0 Å². The molecule has 9 heteroatoms. The molecule has 1 rings (SSSR count). The van der Waals surface area contributed by atoms with Crippen LogP contribution < -0.4 is 0 Å². The van der Waals surface area contributed by atoms with Crippen molar-refractivity contribution in [3.8, 4) is 0 Å². The predicted molar refractivity (Wildman–Crippen MR) is 97.7 cm³/mol. The maximum Gasteiger partial charge on any atom is 0.296 e. The third kappa shape index (κ3) is 12.1. The van der Waals surface area contributed by atoms with Crippen LogP contribution in [0.5, 0.6) is 0 Å². The number of benzene rings is 1. The molecule has 0 unspecified atom stereocenters. The van der Waals surface area contributed by atoms with Crippen LogP contribution in [0.3, 0.4) is 0 Å². The maximum absolute atomic E-state index is 12.0. The first-order chi connectivity index (χ1) is 13.1. The van der Waals surface area contributed by atoms with Gasteiger partial charge in [-0.2, -0.15) is 8.42 Å². The highest BCUT2D eigenvalue weighted by Gasteiger charge is 2.14. The molecule has 0 fully saturated rings. The number of unbranched alkanes of at least 4 members (excludes halogenated alkanes) is 8. The molecule has 0 amide bonds. The van der Waals surface area contributed by atoms with Crippen molar-refractivity contribution in [1.82, 2.24) is 0 Å². The van der Waals surface area contributed by atoms with Crippen molar-refractivity contribution in [3.05, 3.63) is 29.8 Å². The van der Waals surface area contributed by atoms with Crippen LogP contribution in [0.2, 0.25) is 0 Å². The normalized spacial score (nSPS) is 11.8. The van der Waals surface area contributed by atoms with E-state index in [0.29, 0.717) is 6.61 Å². The van der Waals surface area contributed by atoms with Crippen molar-refractivity contribution < 1.29 is 37.9 Å². The fourth-order valence-corrected chi connectivity index (χ4v) is 3.45. The number of hydrogen-bond donors (Lipinski definition) is 1. The summed E-state index contributed by atoms with van der Waals surface area (Å²) < 4.78 is 29.1. The van der Waals surface area contributed by atoms with E-state index in [1.165, 1.54) is 0 Å². The smallest absolute Gasteiger partial charge is 0.266 e. The average Bonchev–Trinajstić information content (AvgIpc) is 2.65. The van der Waals surface area contributed by atoms with Gasteiger partial charge in [-0.05, 0) is 47.0 Å². The highest BCUT2D eigenvalue weighted by molar-refractivity contribution is 7.86. The third-order valence-electron chi connectivity index (χ3n) is 4.03. The van der Waals surface area contributed by atoms with E-state index in [-0.39, 0.29) is 11.5 Å². The van der Waals surface area contributed by atoms with Crippen molar-refractivity contribution in [2.45, 2.75) is 69.6 Å². The summed E-state index contributed by atoms with van der Waals surface area (Å²) in [5.74, 6) is 0. The Kier molecular flexibility index (Phi) is 13.2. The molecule has 1 aromatic carbocycles. The molecule has 1 N–H and O–H groups in total. The molecule has 0 aliphatic carbocycles. The predicted octanol–water partition coefficient (Wildman–Crippen LogP) is 4.50. The Labute approximate surface area is 161 Å². The van der Waals surface area contributed by atoms with Gasteiger partial charge in [-0.15, -0.1) is 0 Å². The van der Waals surface area contributed by atoms with Gasteiger partial charge in [0.1, 0.15) is 0 Å². The topological polar surface area (TPSA) is 101 Å². The Morgan fingerprint density at radius 2 is 1.30 bits per heavy atom. The lowest BCUT2D eigenvalue weighted by Crippen LogP contribution is -2.07. The Balaban J connectivity index is 1.91. The van der Waals surface area contributed by atoms with Crippen LogP contribution in [0.1, 0.15) is 63.4 Å². The quantitative estimate of drug-likeness (QED) is 0.175. The zero-order chi connectivity index (χ0) is 19.8. The second kappa shape index (κ2) is 14.9. The molecule has 0 spiro atoms. The van der Waals surface area contributed by atoms with Crippen molar-refractivity contribution >= 4 is 10.1 Å². The van der Waals surface area contributed by atoms with E-state index in [1.807, 2.05) is 6.92 Å². The minimum atomic E-state index is -3.64. The van der Waals surface area contributed by atoms with Crippen molar-refractivity contribution in [1.29, 1.82) is 0 Å². The number of aryl methyl sites for hydroxylation is 1. The Hall–Kier alpha value is -1.07. The Bertz CT molecular complexity index is 574. The average molecular weight is 406 g/mol. The van der Waals surface area contributed by atoms with Crippen LogP contribution in [0.15, 0.2) is 29.2 Å². The summed E-state index contributed by atoms with van der Waals surface area (Å²) in [5.41, 5.74) is 1.01. The van der Waals surface area contributed by atoms with Crippen molar-refractivity contribution in [2.75, 3.05) is 13.2 Å². The minimum Gasteiger partial charge on any atom is -0.266 e. The second-order valence-corrected chi connectivity index (χ2v) is 7.92. The van der Waals surface area contributed by atoms with Crippen LogP contribution in [-0.2, 0) is 34.3 Å². The molecule has 0 aliphatic rings. The molecule has 0 saturated carbocycles. The van der Waals surface area contributed by atoms with E-state index in [4.69, 9.17) is 9.44 Å². The van der Waals surface area contributed by atoms with E-state index in [1.54, 1.807) is 24.3 Å². The lowest BCUT2D eigenvalue weighted by atomic mass is 10.1. The molecule has 0 heterocycles. The molecule has 0 radical (unpaired) electrons. The van der Waals surface area contributed by atoms with Gasteiger partial charge in [-0.3, -0.25) is 4.18 Å². The van der Waals surface area contributed by atoms with E-state index in [2.05, 4.69) is 20.0 Å². The van der Waals surface area contributed by atoms with Gasteiger partial charge in [0.2, 0.25) is 0 Å². The Morgan fingerprint density at radius 3 is 1.85 bits per heavy atom. The molecule has 8 nitrogen and oxygen atoms in total. The van der Waals surface area contributed by atoms with Gasteiger partial charge in [0.25, 0.3) is 10.1 Å². The molecule has 0 atom stereocenters. The Morgan fingerprint density at radius 1 is 0.778 bits per heavy atom. The summed E-state index contributed by atoms with van der Waals surface area (Å²) in [7, 11) is -3.64. The van der Waals surface area contributed by atoms with Crippen LogP contribution in [0, 0.1) is 6.92 Å². The second-order valence-electron chi connectivity index (χ2n) is 6.30. The zero-order valence-electron chi connectivity index (χ0n) is 15.8. The summed E-state index contributed by atoms with van der Waals surface area (Å²) >= 11 is 0. The monoisotopic (exact) mass is 406 g/mol. The van der Waals surface area contributed by atoms with E-state index in [9.17, 15) is 8.42 Å². The first kappa shape index (κ1) is 24.0. The van der Waals surface area contributed by atoms with Gasteiger partial charge < -0.3 is 0 Å². The maximum atomic E-state index is 12.0. The van der Waals surface area contributed by atoms with Gasteiger partial charge >= 0.3 is 0 Å². The largest absolute Gasteiger partial charge is 0.296 e. The molecule has 0 aromatic heterocycles. The highest BCUT2D eigenvalue weighted by atomic mass is 32.2. The first-order valence-corrected chi connectivity index (χ1v) is 10.7. The van der Waals surface area contributed by atoms with Gasteiger partial charge in [-0.25, -0.2) is 10.1 Å². The molecular weight excluding hydrogens is 376 g/mol. The minimum absolute atomic E-state index is 0.208. The summed E-state index contributed by atoms with van der Waals surface area (Å²) in [4.78, 5) is 4.76. The molecule has 0 aliphatic heterocycles. The standard InChI is InChI=1S/C18H30O8S/c1-17-11-13-18(14-12-17)27(20,21)23-16-10-8-6-4-2-3-5-7-9-15-22-25-26-24-19/h11-14,19H,2-10,15-16H2,1H3. The van der Waals surface area contributed by atoms with Crippen LogP contribution in [0.4, 0.5) is 0 Å². The third-order valence-corrected chi connectivity index (χ3v) is 5.35. The van der Waals surface area contributed by atoms with Gasteiger partial charge in [-0.1, -0.05) is 62.6 Å². The van der Waals surface area contributed by atoms with Crippen molar-refractivity contribution in [2.24, 2.45) is 0 Å². The van der Waals surface area contributed by atoms with Gasteiger partial charge in [0.15, 0.2) is 0 Å². The van der Waals surface area contributed by atoms with Crippen molar-refractivity contribution in [3.63, 3.8) is 0 Å². The van der Waals surface area contributed by atoms with Crippen LogP contribution >= 0.6 is 0 Å². The van der Waals surface area contributed by atoms with E-state index >= 15 is 0 Å². The SMILES string of the molecule is Cc1ccc(S(=O)(=O)OCCCCCCCCCCCOOOOO)cc1. The summed E-state index contributed by atoms with van der Waals surface area (Å²) in [6, 6.07) is 6.66. The fraction of sp³-hybridized carbons (Fsp3) is 0.667. The molecular formula is C18H30O8S. The van der Waals surface area contributed by atoms with Gasteiger partial charge in [0, 0.05) is 0 Å². The fourth-order valence-electron chi connectivity index (χ4n) is 2.51. The highest BCUT2D eigenvalue weighted by Crippen LogP contribution is 2.15. The zero-order valence-corrected chi connectivity index (χ0v) is 16.6. The molecule has 1 aromatic rings. The molecule has 0 saturated heterocycles. The molecule has 27 heavy (non-hydrogen) atoms. The number of hydrogen-bond acceptors (Lipinski definition) is 8. The summed E-state index contributed by atoms with van der Waals surface area (Å²) in [6.45, 7) is 2.51. The van der Waals surface area contributed by atoms with Crippen LogP contribution in [-0.4, -0.2) is 26.9 Å². The lowest BCUT2D eigenvalue weighted by Gasteiger charge is -2.06. The van der Waals surface area contributed by atoms with Gasteiger partial charge in [0.05, 0.1) is 18.1 Å². The van der Waals surface area contributed by atoms with E-state index < -0.39 is 10.1 Å². The summed E-state index contributed by atoms with van der Waals surface area (Å²) in [5, 5.41) is 18.7. The first-order valence-electron chi connectivity index (χ1n) is 9.29.